The van der Waals surface area contributed by atoms with E-state index in [0.29, 0.717) is 11.9 Å². The van der Waals surface area contributed by atoms with Gasteiger partial charge in [0.25, 0.3) is 6.47 Å². The van der Waals surface area contributed by atoms with Crippen molar-refractivity contribution in [1.82, 2.24) is 0 Å². The highest BCUT2D eigenvalue weighted by molar-refractivity contribution is 5.37. The summed E-state index contributed by atoms with van der Waals surface area (Å²) in [4.78, 5) is 10.2. The van der Waals surface area contributed by atoms with E-state index < -0.39 is 0 Å². The lowest BCUT2D eigenvalue weighted by molar-refractivity contribution is -0.209. The molecular formula is C12H18O4. The maximum absolute atomic E-state index is 10.2. The quantitative estimate of drug-likeness (QED) is 0.671. The van der Waals surface area contributed by atoms with E-state index in [-0.39, 0.29) is 11.9 Å². The molecule has 0 atom stereocenters. The number of hydrogen-bond donors (Lipinski definition) is 0. The normalized spacial score (nSPS) is 31.5. The molecule has 0 amide bonds. The molecule has 4 heteroatoms. The Hall–Kier alpha value is -0.610. The van der Waals surface area contributed by atoms with Gasteiger partial charge in [-0.3, -0.25) is 4.79 Å². The van der Waals surface area contributed by atoms with Gasteiger partial charge < -0.3 is 14.2 Å². The van der Waals surface area contributed by atoms with Crippen LogP contribution in [0.3, 0.4) is 0 Å². The Labute approximate surface area is 95.2 Å². The van der Waals surface area contributed by atoms with Gasteiger partial charge in [0.05, 0.1) is 13.2 Å². The van der Waals surface area contributed by atoms with Crippen LogP contribution in [0.2, 0.25) is 0 Å². The van der Waals surface area contributed by atoms with Gasteiger partial charge in [0, 0.05) is 12.8 Å². The van der Waals surface area contributed by atoms with E-state index in [1.165, 1.54) is 0 Å². The first kappa shape index (κ1) is 10.5. The van der Waals surface area contributed by atoms with E-state index in [9.17, 15) is 4.79 Å². The molecule has 0 aromatic heterocycles. The summed E-state index contributed by atoms with van der Waals surface area (Å²) in [5.41, 5.74) is 0.411. The van der Waals surface area contributed by atoms with Crippen LogP contribution in [0.15, 0.2) is 0 Å². The molecule has 2 aliphatic carbocycles. The molecule has 0 aromatic rings. The van der Waals surface area contributed by atoms with E-state index >= 15 is 0 Å². The van der Waals surface area contributed by atoms with Crippen LogP contribution < -0.4 is 0 Å². The van der Waals surface area contributed by atoms with Gasteiger partial charge in [-0.15, -0.1) is 0 Å². The van der Waals surface area contributed by atoms with Crippen LogP contribution in [0.25, 0.3) is 0 Å². The zero-order valence-electron chi connectivity index (χ0n) is 9.44. The van der Waals surface area contributed by atoms with Crippen LogP contribution in [0.4, 0.5) is 0 Å². The molecule has 3 aliphatic rings. The molecule has 0 radical (unpaired) electrons. The van der Waals surface area contributed by atoms with Crippen LogP contribution in [0, 0.1) is 5.41 Å². The summed E-state index contributed by atoms with van der Waals surface area (Å²) in [5, 5.41) is 0. The van der Waals surface area contributed by atoms with Gasteiger partial charge in [-0.1, -0.05) is 0 Å². The van der Waals surface area contributed by atoms with E-state index in [0.717, 1.165) is 51.7 Å². The SMILES string of the molecule is O=COC1CC2(CCC3(CC2)OCCO3)C1. The van der Waals surface area contributed by atoms with Gasteiger partial charge in [-0.2, -0.15) is 0 Å². The van der Waals surface area contributed by atoms with E-state index in [1.807, 2.05) is 0 Å². The summed E-state index contributed by atoms with van der Waals surface area (Å²) < 4.78 is 16.4. The molecule has 4 nitrogen and oxygen atoms in total. The van der Waals surface area contributed by atoms with Crippen molar-refractivity contribution in [3.05, 3.63) is 0 Å². The van der Waals surface area contributed by atoms with Gasteiger partial charge >= 0.3 is 0 Å². The Morgan fingerprint density at radius 1 is 1.06 bits per heavy atom. The number of rotatable bonds is 2. The fraction of sp³-hybridized carbons (Fsp3) is 0.917. The highest BCUT2D eigenvalue weighted by Crippen LogP contribution is 2.55. The lowest BCUT2D eigenvalue weighted by Gasteiger charge is -2.52. The van der Waals surface area contributed by atoms with Crippen molar-refractivity contribution in [2.24, 2.45) is 5.41 Å². The van der Waals surface area contributed by atoms with E-state index in [4.69, 9.17) is 14.2 Å². The summed E-state index contributed by atoms with van der Waals surface area (Å²) in [6.45, 7) is 2.05. The van der Waals surface area contributed by atoms with Crippen LogP contribution in [-0.4, -0.2) is 31.6 Å². The minimum Gasteiger partial charge on any atom is -0.465 e. The molecule has 3 rings (SSSR count). The third-order valence-electron chi connectivity index (χ3n) is 4.46. The zero-order chi connectivity index (χ0) is 11.1. The van der Waals surface area contributed by atoms with Crippen LogP contribution in [-0.2, 0) is 19.0 Å². The van der Waals surface area contributed by atoms with Crippen LogP contribution in [0.1, 0.15) is 38.5 Å². The third kappa shape index (κ3) is 1.64. The molecular weight excluding hydrogens is 208 g/mol. The summed E-state index contributed by atoms with van der Waals surface area (Å²) in [7, 11) is 0. The van der Waals surface area contributed by atoms with Crippen molar-refractivity contribution in [3.8, 4) is 0 Å². The van der Waals surface area contributed by atoms with Crippen LogP contribution >= 0.6 is 0 Å². The van der Waals surface area contributed by atoms with E-state index in [2.05, 4.69) is 0 Å². The number of carbonyl (C=O) groups is 1. The predicted octanol–water partition coefficient (Wildman–Crippen LogP) is 1.63. The summed E-state index contributed by atoms with van der Waals surface area (Å²) >= 11 is 0. The molecule has 0 N–H and O–H groups in total. The first-order valence-corrected chi connectivity index (χ1v) is 6.13. The fourth-order valence-corrected chi connectivity index (χ4v) is 3.44. The fourth-order valence-electron chi connectivity index (χ4n) is 3.44. The monoisotopic (exact) mass is 226 g/mol. The zero-order valence-corrected chi connectivity index (χ0v) is 9.44. The molecule has 0 bridgehead atoms. The lowest BCUT2D eigenvalue weighted by Crippen LogP contribution is -2.48. The van der Waals surface area contributed by atoms with Gasteiger partial charge in [0.15, 0.2) is 5.79 Å². The summed E-state index contributed by atoms with van der Waals surface area (Å²) in [6, 6.07) is 0. The van der Waals surface area contributed by atoms with Crippen molar-refractivity contribution in [1.29, 1.82) is 0 Å². The summed E-state index contributed by atoms with van der Waals surface area (Å²) in [5.74, 6) is -0.262. The van der Waals surface area contributed by atoms with Gasteiger partial charge in [0.2, 0.25) is 0 Å². The second kappa shape index (κ2) is 3.70. The van der Waals surface area contributed by atoms with Crippen molar-refractivity contribution in [2.75, 3.05) is 13.2 Å². The number of carbonyl (C=O) groups excluding carboxylic acids is 1. The number of hydrogen-bond acceptors (Lipinski definition) is 4. The Balaban J connectivity index is 1.53. The molecule has 1 saturated heterocycles. The number of ether oxygens (including phenoxy) is 3. The lowest BCUT2D eigenvalue weighted by atomic mass is 9.58. The molecule has 0 unspecified atom stereocenters. The Morgan fingerprint density at radius 3 is 2.25 bits per heavy atom. The molecule has 3 fully saturated rings. The highest BCUT2D eigenvalue weighted by atomic mass is 16.7. The Morgan fingerprint density at radius 2 is 1.69 bits per heavy atom. The van der Waals surface area contributed by atoms with Gasteiger partial charge in [-0.25, -0.2) is 0 Å². The topological polar surface area (TPSA) is 44.8 Å². The molecule has 90 valence electrons. The van der Waals surface area contributed by atoms with Gasteiger partial charge in [-0.05, 0) is 31.1 Å². The van der Waals surface area contributed by atoms with Crippen molar-refractivity contribution in [3.63, 3.8) is 0 Å². The maximum Gasteiger partial charge on any atom is 0.293 e. The molecule has 16 heavy (non-hydrogen) atoms. The predicted molar refractivity (Wildman–Crippen MR) is 55.7 cm³/mol. The minimum atomic E-state index is -0.262. The van der Waals surface area contributed by atoms with E-state index in [1.54, 1.807) is 0 Å². The van der Waals surface area contributed by atoms with Crippen molar-refractivity contribution in [2.45, 2.75) is 50.4 Å². The molecule has 2 saturated carbocycles. The average molecular weight is 226 g/mol. The second-order valence-corrected chi connectivity index (χ2v) is 5.37. The Bertz CT molecular complexity index is 265. The second-order valence-electron chi connectivity index (χ2n) is 5.37. The molecule has 0 aromatic carbocycles. The van der Waals surface area contributed by atoms with Crippen molar-refractivity contribution >= 4 is 6.47 Å². The molecule has 2 spiro atoms. The van der Waals surface area contributed by atoms with Crippen molar-refractivity contribution < 1.29 is 19.0 Å². The maximum atomic E-state index is 10.2. The average Bonchev–Trinajstić information content (AvgIpc) is 2.69. The highest BCUT2D eigenvalue weighted by Gasteiger charge is 2.52. The largest absolute Gasteiger partial charge is 0.465 e. The van der Waals surface area contributed by atoms with Crippen LogP contribution in [0.5, 0.6) is 0 Å². The minimum absolute atomic E-state index is 0.164. The van der Waals surface area contributed by atoms with Gasteiger partial charge in [0.1, 0.15) is 6.10 Å². The smallest absolute Gasteiger partial charge is 0.293 e. The third-order valence-corrected chi connectivity index (χ3v) is 4.46. The first-order chi connectivity index (χ1) is 7.76. The standard InChI is InChI=1S/C12H18O4/c13-9-14-10-7-11(8-10)1-3-12(4-2-11)15-5-6-16-12/h9-10H,1-8H2. The molecule has 1 aliphatic heterocycles. The summed E-state index contributed by atoms with van der Waals surface area (Å²) in [6.07, 6.45) is 6.51. The molecule has 1 heterocycles. The Kier molecular flexibility index (Phi) is 2.44. The first-order valence-electron chi connectivity index (χ1n) is 6.13.